The summed E-state index contributed by atoms with van der Waals surface area (Å²) in [5.74, 6) is 0.0493. The van der Waals surface area contributed by atoms with E-state index in [2.05, 4.69) is 5.32 Å². The molecule has 2 aromatic rings. The molecule has 142 valence electrons. The van der Waals surface area contributed by atoms with Crippen molar-refractivity contribution >= 4 is 23.2 Å². The van der Waals surface area contributed by atoms with Gasteiger partial charge in [0.15, 0.2) is 0 Å². The Labute approximate surface area is 164 Å². The molecular weight excluding hydrogens is 356 g/mol. The van der Waals surface area contributed by atoms with Crippen molar-refractivity contribution in [2.24, 2.45) is 11.3 Å². The number of nitrogens with one attached hydrogen (secondary N) is 1. The van der Waals surface area contributed by atoms with Gasteiger partial charge in [-0.05, 0) is 36.4 Å². The van der Waals surface area contributed by atoms with Crippen molar-refractivity contribution in [2.75, 3.05) is 13.1 Å². The topological polar surface area (TPSA) is 49.4 Å². The second-order valence-corrected chi connectivity index (χ2v) is 8.86. The largest absolute Gasteiger partial charge is 0.351 e. The monoisotopic (exact) mass is 382 g/mol. The first-order chi connectivity index (χ1) is 13.2. The summed E-state index contributed by atoms with van der Waals surface area (Å²) in [5, 5.41) is 5.16. The molecule has 1 N–H and O–H groups in total. The van der Waals surface area contributed by atoms with E-state index in [-0.39, 0.29) is 23.1 Å². The van der Waals surface area contributed by atoms with Gasteiger partial charge in [0.1, 0.15) is 0 Å². The van der Waals surface area contributed by atoms with Crippen molar-refractivity contribution in [1.29, 1.82) is 0 Å². The maximum atomic E-state index is 13.1. The molecule has 5 heteroatoms. The number of carbonyl (C=O) groups is 2. The van der Waals surface area contributed by atoms with Gasteiger partial charge in [0.05, 0.1) is 12.5 Å². The van der Waals surface area contributed by atoms with Crippen molar-refractivity contribution < 1.29 is 9.59 Å². The quantitative estimate of drug-likeness (QED) is 0.866. The van der Waals surface area contributed by atoms with Crippen LogP contribution in [-0.4, -0.2) is 29.8 Å². The van der Waals surface area contributed by atoms with Crippen LogP contribution in [0.15, 0.2) is 47.8 Å². The van der Waals surface area contributed by atoms with E-state index in [1.54, 1.807) is 11.3 Å². The Bertz CT molecular complexity index is 782. The predicted octanol–water partition coefficient (Wildman–Crippen LogP) is 4.09. The molecule has 1 aromatic carbocycles. The van der Waals surface area contributed by atoms with Gasteiger partial charge in [-0.1, -0.05) is 43.5 Å². The molecule has 1 saturated heterocycles. The maximum Gasteiger partial charge on any atom is 0.253 e. The van der Waals surface area contributed by atoms with Crippen molar-refractivity contribution in [3.05, 3.63) is 58.3 Å². The van der Waals surface area contributed by atoms with E-state index in [4.69, 9.17) is 0 Å². The second kappa shape index (κ2) is 7.85. The van der Waals surface area contributed by atoms with Crippen LogP contribution < -0.4 is 5.32 Å². The Kier molecular flexibility index (Phi) is 5.30. The number of benzene rings is 1. The first-order valence-electron chi connectivity index (χ1n) is 9.82. The standard InChI is InChI=1S/C22H26N2O2S/c25-20(23-14-18-10-7-13-27-18)19-15-24(16-22(19)11-5-2-6-12-22)21(26)17-8-3-1-4-9-17/h1,3-4,7-10,13,19H,2,5-6,11-12,14-16H2,(H,23,25). The number of nitrogens with zero attached hydrogens (tertiary/aromatic N) is 1. The zero-order chi connectivity index (χ0) is 18.7. The average molecular weight is 383 g/mol. The van der Waals surface area contributed by atoms with Gasteiger partial charge in [-0.2, -0.15) is 0 Å². The number of thiophene rings is 1. The highest BCUT2D eigenvalue weighted by atomic mass is 32.1. The summed E-state index contributed by atoms with van der Waals surface area (Å²) in [6, 6.07) is 13.5. The Morgan fingerprint density at radius 3 is 2.56 bits per heavy atom. The summed E-state index contributed by atoms with van der Waals surface area (Å²) in [4.78, 5) is 29.1. The van der Waals surface area contributed by atoms with E-state index in [1.807, 2.05) is 52.7 Å². The highest BCUT2D eigenvalue weighted by Gasteiger charge is 2.51. The number of hydrogen-bond donors (Lipinski definition) is 1. The maximum absolute atomic E-state index is 13.1. The number of carbonyl (C=O) groups excluding carboxylic acids is 2. The molecule has 2 fully saturated rings. The fourth-order valence-electron chi connectivity index (χ4n) is 4.72. The fraction of sp³-hybridized carbons (Fsp3) is 0.455. The number of rotatable bonds is 4. The van der Waals surface area contributed by atoms with Crippen molar-refractivity contribution in [2.45, 2.75) is 38.6 Å². The summed E-state index contributed by atoms with van der Waals surface area (Å²) in [6.07, 6.45) is 5.63. The molecule has 1 unspecified atom stereocenters. The normalized spacial score (nSPS) is 21.3. The van der Waals surface area contributed by atoms with E-state index < -0.39 is 0 Å². The number of hydrogen-bond acceptors (Lipinski definition) is 3. The SMILES string of the molecule is O=C(NCc1cccs1)C1CN(C(=O)c2ccccc2)CC12CCCCC2. The van der Waals surface area contributed by atoms with Crippen molar-refractivity contribution in [3.8, 4) is 0 Å². The lowest BCUT2D eigenvalue weighted by Gasteiger charge is -2.37. The zero-order valence-electron chi connectivity index (χ0n) is 15.5. The van der Waals surface area contributed by atoms with E-state index >= 15 is 0 Å². The van der Waals surface area contributed by atoms with E-state index in [0.29, 0.717) is 25.2 Å². The van der Waals surface area contributed by atoms with Crippen LogP contribution in [0.1, 0.15) is 47.3 Å². The van der Waals surface area contributed by atoms with Crippen LogP contribution in [0.5, 0.6) is 0 Å². The summed E-state index contributed by atoms with van der Waals surface area (Å²) >= 11 is 1.66. The summed E-state index contributed by atoms with van der Waals surface area (Å²) in [7, 11) is 0. The first-order valence-corrected chi connectivity index (χ1v) is 10.7. The Morgan fingerprint density at radius 2 is 1.85 bits per heavy atom. The zero-order valence-corrected chi connectivity index (χ0v) is 16.3. The summed E-state index contributed by atoms with van der Waals surface area (Å²) < 4.78 is 0. The molecule has 1 saturated carbocycles. The van der Waals surface area contributed by atoms with Gasteiger partial charge in [-0.15, -0.1) is 11.3 Å². The molecule has 1 aliphatic heterocycles. The molecule has 1 atom stereocenters. The van der Waals surface area contributed by atoms with Crippen LogP contribution >= 0.6 is 11.3 Å². The van der Waals surface area contributed by atoms with Gasteiger partial charge >= 0.3 is 0 Å². The predicted molar refractivity (Wildman–Crippen MR) is 108 cm³/mol. The highest BCUT2D eigenvalue weighted by molar-refractivity contribution is 7.09. The molecule has 4 nitrogen and oxygen atoms in total. The molecule has 4 rings (SSSR count). The average Bonchev–Trinajstić information content (AvgIpc) is 3.35. The molecule has 2 amide bonds. The molecule has 1 spiro atoms. The molecule has 27 heavy (non-hydrogen) atoms. The van der Waals surface area contributed by atoms with E-state index in [9.17, 15) is 9.59 Å². The van der Waals surface area contributed by atoms with E-state index in [0.717, 1.165) is 30.6 Å². The molecule has 2 aliphatic rings. The molecule has 1 aromatic heterocycles. The van der Waals surface area contributed by atoms with Crippen LogP contribution in [0.4, 0.5) is 0 Å². The first kappa shape index (κ1) is 18.2. The molecule has 0 bridgehead atoms. The molecular formula is C22H26N2O2S. The van der Waals surface area contributed by atoms with Gasteiger partial charge < -0.3 is 10.2 Å². The van der Waals surface area contributed by atoms with Crippen molar-refractivity contribution in [3.63, 3.8) is 0 Å². The minimum absolute atomic E-state index is 0.0501. The van der Waals surface area contributed by atoms with Gasteiger partial charge in [0.2, 0.25) is 5.91 Å². The van der Waals surface area contributed by atoms with Crippen LogP contribution in [0.25, 0.3) is 0 Å². The van der Waals surface area contributed by atoms with Gasteiger partial charge in [0.25, 0.3) is 5.91 Å². The lowest BCUT2D eigenvalue weighted by Crippen LogP contribution is -2.42. The highest BCUT2D eigenvalue weighted by Crippen LogP contribution is 2.48. The fourth-order valence-corrected chi connectivity index (χ4v) is 5.37. The van der Waals surface area contributed by atoms with Gasteiger partial charge in [-0.25, -0.2) is 0 Å². The van der Waals surface area contributed by atoms with Gasteiger partial charge in [0, 0.05) is 28.9 Å². The van der Waals surface area contributed by atoms with Gasteiger partial charge in [-0.3, -0.25) is 9.59 Å². The third-order valence-electron chi connectivity index (χ3n) is 6.14. The summed E-state index contributed by atoms with van der Waals surface area (Å²) in [5.41, 5.74) is 0.658. The Morgan fingerprint density at radius 1 is 1.07 bits per heavy atom. The Hall–Kier alpha value is -2.14. The van der Waals surface area contributed by atoms with Crippen LogP contribution in [0.3, 0.4) is 0 Å². The molecule has 1 aliphatic carbocycles. The minimum Gasteiger partial charge on any atom is -0.351 e. The van der Waals surface area contributed by atoms with E-state index in [1.165, 1.54) is 6.42 Å². The van der Waals surface area contributed by atoms with Crippen LogP contribution in [0.2, 0.25) is 0 Å². The Balaban J connectivity index is 1.51. The molecule has 2 heterocycles. The number of amides is 2. The van der Waals surface area contributed by atoms with Crippen molar-refractivity contribution in [1.82, 2.24) is 10.2 Å². The van der Waals surface area contributed by atoms with Crippen LogP contribution in [0, 0.1) is 11.3 Å². The minimum atomic E-state index is -0.106. The summed E-state index contributed by atoms with van der Waals surface area (Å²) in [6.45, 7) is 1.82. The lowest BCUT2D eigenvalue weighted by molar-refractivity contribution is -0.128. The second-order valence-electron chi connectivity index (χ2n) is 7.82. The molecule has 0 radical (unpaired) electrons. The lowest BCUT2D eigenvalue weighted by atomic mass is 9.67. The third-order valence-corrected chi connectivity index (χ3v) is 7.02. The number of likely N-dealkylation sites (tertiary alicyclic amines) is 1. The third kappa shape index (κ3) is 3.79. The van der Waals surface area contributed by atoms with Crippen LogP contribution in [-0.2, 0) is 11.3 Å². The smallest absolute Gasteiger partial charge is 0.253 e.